The van der Waals surface area contributed by atoms with Gasteiger partial charge in [-0.2, -0.15) is 0 Å². The van der Waals surface area contributed by atoms with Gasteiger partial charge < -0.3 is 15.2 Å². The topological polar surface area (TPSA) is 141 Å². The molecule has 1 aliphatic heterocycles. The number of carbonyl (C=O) groups is 2. The summed E-state index contributed by atoms with van der Waals surface area (Å²) in [6.45, 7) is 4.86. The molecule has 0 unspecified atom stereocenters. The average Bonchev–Trinajstić information content (AvgIpc) is 2.83. The number of aliphatic hydroxyl groups is 1. The van der Waals surface area contributed by atoms with E-state index in [1.807, 2.05) is 0 Å². The number of hydrogen-bond donors (Lipinski definition) is 2. The number of azide groups is 1. The fraction of sp³-hybridized carbons (Fsp3) is 0.533. The Kier molecular flexibility index (Phi) is 6.06. The average molecular weight is 427 g/mol. The molecule has 2 rings (SSSR count). The Morgan fingerprint density at radius 3 is 2.77 bits per heavy atom. The van der Waals surface area contributed by atoms with Gasteiger partial charge in [-0.25, -0.2) is 9.78 Å². The lowest BCUT2D eigenvalue weighted by molar-refractivity contribution is -0.120. The van der Waals surface area contributed by atoms with Crippen LogP contribution in [0.15, 0.2) is 27.9 Å². The molecule has 0 bridgehead atoms. The van der Waals surface area contributed by atoms with E-state index in [4.69, 9.17) is 10.3 Å². The molecule has 26 heavy (non-hydrogen) atoms. The first-order chi connectivity index (χ1) is 12.1. The standard InChI is InChI=1S/C15H19BrN6O4/c1-15(2,3)26-14(25)22-7-8(23)11(20-21-17)12(22)13(24)19-10-6-4-5-9(16)18-10/h4-6,8,11-12,23H,7H2,1-3H3,(H,18,19,24)/t8-,11+,12-/m0/s1. The number of aromatic nitrogens is 1. The number of hydrogen-bond acceptors (Lipinski definition) is 6. The molecule has 0 aromatic carbocycles. The summed E-state index contributed by atoms with van der Waals surface area (Å²) in [6, 6.07) is 2.56. The molecule has 10 nitrogen and oxygen atoms in total. The number of likely N-dealkylation sites (tertiary alicyclic amines) is 1. The second kappa shape index (κ2) is 7.90. The third-order valence-corrected chi connectivity index (χ3v) is 3.93. The van der Waals surface area contributed by atoms with E-state index in [1.54, 1.807) is 39.0 Å². The monoisotopic (exact) mass is 426 g/mol. The van der Waals surface area contributed by atoms with Gasteiger partial charge in [0.1, 0.15) is 22.1 Å². The summed E-state index contributed by atoms with van der Waals surface area (Å²) in [5, 5.41) is 16.2. The van der Waals surface area contributed by atoms with Crippen molar-refractivity contribution in [3.05, 3.63) is 33.2 Å². The van der Waals surface area contributed by atoms with Crippen LogP contribution in [0.4, 0.5) is 10.6 Å². The van der Waals surface area contributed by atoms with Gasteiger partial charge in [0.05, 0.1) is 18.7 Å². The third kappa shape index (κ3) is 4.84. The van der Waals surface area contributed by atoms with Crippen LogP contribution in [-0.2, 0) is 9.53 Å². The fourth-order valence-electron chi connectivity index (χ4n) is 2.50. The third-order valence-electron chi connectivity index (χ3n) is 3.49. The maximum atomic E-state index is 12.7. The van der Waals surface area contributed by atoms with Gasteiger partial charge in [0.25, 0.3) is 0 Å². The zero-order valence-electron chi connectivity index (χ0n) is 14.5. The quantitative estimate of drug-likeness (QED) is 0.330. The van der Waals surface area contributed by atoms with Gasteiger partial charge >= 0.3 is 6.09 Å². The van der Waals surface area contributed by atoms with Crippen LogP contribution in [0, 0.1) is 0 Å². The van der Waals surface area contributed by atoms with E-state index in [0.29, 0.717) is 4.60 Å². The van der Waals surface area contributed by atoms with E-state index >= 15 is 0 Å². The summed E-state index contributed by atoms with van der Waals surface area (Å²) < 4.78 is 5.80. The Morgan fingerprint density at radius 1 is 1.50 bits per heavy atom. The van der Waals surface area contributed by atoms with Crippen molar-refractivity contribution in [3.8, 4) is 0 Å². The molecule has 2 heterocycles. The van der Waals surface area contributed by atoms with Crippen LogP contribution in [0.25, 0.3) is 10.4 Å². The lowest BCUT2D eigenvalue weighted by atomic mass is 10.1. The fourth-order valence-corrected chi connectivity index (χ4v) is 2.84. The molecule has 1 fully saturated rings. The van der Waals surface area contributed by atoms with Gasteiger partial charge in [0.2, 0.25) is 5.91 Å². The van der Waals surface area contributed by atoms with Crippen LogP contribution >= 0.6 is 15.9 Å². The summed E-state index contributed by atoms with van der Waals surface area (Å²) in [5.41, 5.74) is 7.96. The second-order valence-electron chi connectivity index (χ2n) is 6.68. The van der Waals surface area contributed by atoms with Gasteiger partial charge in [0.15, 0.2) is 0 Å². The number of anilines is 1. The van der Waals surface area contributed by atoms with Crippen LogP contribution in [0.2, 0.25) is 0 Å². The SMILES string of the molecule is CC(C)(C)OC(=O)N1C[C@H](O)[C@@H](N=[N+]=[N-])[C@H]1C(=O)Nc1cccc(Br)n1. The number of nitrogens with one attached hydrogen (secondary N) is 1. The van der Waals surface area contributed by atoms with Crippen molar-refractivity contribution in [3.63, 3.8) is 0 Å². The molecule has 0 radical (unpaired) electrons. The number of amides is 2. The summed E-state index contributed by atoms with van der Waals surface area (Å²) in [7, 11) is 0. The lowest BCUT2D eigenvalue weighted by Crippen LogP contribution is -2.49. The Balaban J connectivity index is 2.28. The van der Waals surface area contributed by atoms with E-state index in [2.05, 4.69) is 36.3 Å². The molecule has 3 atom stereocenters. The van der Waals surface area contributed by atoms with Crippen molar-refractivity contribution in [2.24, 2.45) is 5.11 Å². The minimum absolute atomic E-state index is 0.192. The smallest absolute Gasteiger partial charge is 0.411 e. The molecular weight excluding hydrogens is 408 g/mol. The van der Waals surface area contributed by atoms with E-state index in [0.717, 1.165) is 4.90 Å². The molecule has 0 spiro atoms. The Morgan fingerprint density at radius 2 is 2.19 bits per heavy atom. The first kappa shape index (κ1) is 20.0. The Hall–Kier alpha value is -2.36. The van der Waals surface area contributed by atoms with Crippen LogP contribution in [0.1, 0.15) is 20.8 Å². The van der Waals surface area contributed by atoms with Gasteiger partial charge in [-0.15, -0.1) is 0 Å². The number of halogens is 1. The van der Waals surface area contributed by atoms with Crippen molar-refractivity contribution in [2.45, 2.75) is 44.6 Å². The van der Waals surface area contributed by atoms with E-state index < -0.39 is 35.8 Å². The highest BCUT2D eigenvalue weighted by Gasteiger charge is 2.48. The van der Waals surface area contributed by atoms with Crippen LogP contribution in [0.5, 0.6) is 0 Å². The summed E-state index contributed by atoms with van der Waals surface area (Å²) in [5.74, 6) is -0.398. The van der Waals surface area contributed by atoms with E-state index in [1.165, 1.54) is 0 Å². The predicted molar refractivity (Wildman–Crippen MR) is 96.2 cm³/mol. The molecule has 1 aromatic rings. The van der Waals surface area contributed by atoms with Crippen molar-refractivity contribution in [2.75, 3.05) is 11.9 Å². The minimum Gasteiger partial charge on any atom is -0.444 e. The number of carbonyl (C=O) groups excluding carboxylic acids is 2. The highest BCUT2D eigenvalue weighted by molar-refractivity contribution is 9.10. The molecule has 0 saturated carbocycles. The normalized spacial score (nSPS) is 22.5. The van der Waals surface area contributed by atoms with Gasteiger partial charge in [-0.1, -0.05) is 11.2 Å². The van der Waals surface area contributed by atoms with Gasteiger partial charge in [-0.05, 0) is 54.4 Å². The van der Waals surface area contributed by atoms with Crippen molar-refractivity contribution in [1.29, 1.82) is 0 Å². The molecular formula is C15H19BrN6O4. The van der Waals surface area contributed by atoms with Crippen LogP contribution in [-0.4, -0.2) is 57.3 Å². The second-order valence-corrected chi connectivity index (χ2v) is 7.49. The van der Waals surface area contributed by atoms with Gasteiger partial charge in [-0.3, -0.25) is 9.69 Å². The lowest BCUT2D eigenvalue weighted by Gasteiger charge is -2.28. The zero-order chi connectivity index (χ0) is 19.5. The summed E-state index contributed by atoms with van der Waals surface area (Å²) in [6.07, 6.45) is -1.97. The molecule has 0 aliphatic carbocycles. The van der Waals surface area contributed by atoms with E-state index in [9.17, 15) is 14.7 Å². The Labute approximate surface area is 158 Å². The highest BCUT2D eigenvalue weighted by Crippen LogP contribution is 2.26. The molecule has 2 N–H and O–H groups in total. The maximum absolute atomic E-state index is 12.7. The number of pyridine rings is 1. The predicted octanol–water partition coefficient (Wildman–Crippen LogP) is 2.44. The van der Waals surface area contributed by atoms with Crippen molar-refractivity contribution in [1.82, 2.24) is 9.88 Å². The summed E-state index contributed by atoms with van der Waals surface area (Å²) in [4.78, 5) is 33.0. The molecule has 1 aromatic heterocycles. The number of aliphatic hydroxyl groups excluding tert-OH is 1. The first-order valence-corrected chi connectivity index (χ1v) is 8.57. The van der Waals surface area contributed by atoms with Crippen molar-refractivity contribution < 1.29 is 19.4 Å². The number of ether oxygens (including phenoxy) is 1. The Bertz CT molecular complexity index is 746. The van der Waals surface area contributed by atoms with Crippen molar-refractivity contribution >= 4 is 33.7 Å². The highest BCUT2D eigenvalue weighted by atomic mass is 79.9. The molecule has 140 valence electrons. The summed E-state index contributed by atoms with van der Waals surface area (Å²) >= 11 is 3.20. The molecule has 1 saturated heterocycles. The van der Waals surface area contributed by atoms with E-state index in [-0.39, 0.29) is 12.4 Å². The van der Waals surface area contributed by atoms with Gasteiger partial charge in [0, 0.05) is 4.91 Å². The number of rotatable bonds is 3. The zero-order valence-corrected chi connectivity index (χ0v) is 16.0. The molecule has 1 aliphatic rings. The largest absolute Gasteiger partial charge is 0.444 e. The number of nitrogens with zero attached hydrogens (tertiary/aromatic N) is 5. The molecule has 11 heteroatoms. The first-order valence-electron chi connectivity index (χ1n) is 7.77. The minimum atomic E-state index is -1.23. The number of β-amino-alcohol motifs (C(OH)–C–C–N with tert-alkyl or cyclic N) is 1. The maximum Gasteiger partial charge on any atom is 0.411 e. The van der Waals surface area contributed by atoms with Crippen LogP contribution < -0.4 is 5.32 Å². The van der Waals surface area contributed by atoms with Crippen LogP contribution in [0.3, 0.4) is 0 Å². The molecule has 2 amide bonds.